The van der Waals surface area contributed by atoms with Crippen LogP contribution in [0.3, 0.4) is 0 Å². The van der Waals surface area contributed by atoms with Crippen LogP contribution in [0.25, 0.3) is 22.4 Å². The van der Waals surface area contributed by atoms with Crippen molar-refractivity contribution in [1.82, 2.24) is 9.97 Å². The molecule has 0 amide bonds. The van der Waals surface area contributed by atoms with Crippen molar-refractivity contribution in [3.8, 4) is 11.4 Å². The fourth-order valence-corrected chi connectivity index (χ4v) is 2.31. The van der Waals surface area contributed by atoms with E-state index in [4.69, 9.17) is 10.2 Å². The molecule has 0 spiro atoms. The van der Waals surface area contributed by atoms with Gasteiger partial charge in [0, 0.05) is 5.56 Å². The molecule has 1 aromatic carbocycles. The highest BCUT2D eigenvalue weighted by molar-refractivity contribution is 5.89. The molecule has 0 unspecified atom stereocenters. The molecule has 0 aliphatic carbocycles. The van der Waals surface area contributed by atoms with Crippen LogP contribution in [0.1, 0.15) is 17.1 Å². The average Bonchev–Trinajstić information content (AvgIpc) is 2.83. The molecule has 0 aliphatic rings. The minimum atomic E-state index is 0.686. The van der Waals surface area contributed by atoms with Crippen LogP contribution in [-0.4, -0.2) is 9.97 Å². The highest BCUT2D eigenvalue weighted by Gasteiger charge is 2.16. The zero-order valence-electron chi connectivity index (χ0n) is 10.7. The smallest absolute Gasteiger partial charge is 0.142 e. The normalized spacial score (nSPS) is 11.3. The van der Waals surface area contributed by atoms with E-state index in [9.17, 15) is 0 Å². The number of rotatable bonds is 1. The van der Waals surface area contributed by atoms with E-state index in [2.05, 4.69) is 9.97 Å². The third-order valence-electron chi connectivity index (χ3n) is 3.34. The molecule has 3 N–H and O–H groups in total. The summed E-state index contributed by atoms with van der Waals surface area (Å²) >= 11 is 0. The fraction of sp³-hybridized carbons (Fsp3) is 0.214. The molecular weight excluding hydrogens is 226 g/mol. The monoisotopic (exact) mass is 241 g/mol. The number of imidazole rings is 1. The number of nitrogens with two attached hydrogens (primary N) is 1. The summed E-state index contributed by atoms with van der Waals surface area (Å²) in [6.45, 7) is 5.95. The molecule has 0 fully saturated rings. The molecule has 4 nitrogen and oxygen atoms in total. The van der Waals surface area contributed by atoms with Crippen LogP contribution in [0.5, 0.6) is 0 Å². The minimum Gasteiger partial charge on any atom is -0.466 e. The SMILES string of the molecule is Cc1oc(C)c(-c2nc3c(N)cccc3[nH]2)c1C. The van der Waals surface area contributed by atoms with Gasteiger partial charge < -0.3 is 15.1 Å². The van der Waals surface area contributed by atoms with Gasteiger partial charge in [0.15, 0.2) is 0 Å². The van der Waals surface area contributed by atoms with E-state index < -0.39 is 0 Å². The lowest BCUT2D eigenvalue weighted by molar-refractivity contribution is 0.503. The van der Waals surface area contributed by atoms with Gasteiger partial charge in [-0.05, 0) is 32.9 Å². The van der Waals surface area contributed by atoms with E-state index >= 15 is 0 Å². The summed E-state index contributed by atoms with van der Waals surface area (Å²) in [7, 11) is 0. The molecule has 0 aliphatic heterocycles. The molecule has 92 valence electrons. The number of aromatic amines is 1. The standard InChI is InChI=1S/C14H15N3O/c1-7-8(2)18-9(3)12(7)14-16-11-6-4-5-10(15)13(11)17-14/h4-6H,15H2,1-3H3,(H,16,17). The minimum absolute atomic E-state index is 0.686. The van der Waals surface area contributed by atoms with Gasteiger partial charge in [0.2, 0.25) is 0 Å². The number of fused-ring (bicyclic) bond motifs is 1. The van der Waals surface area contributed by atoms with E-state index in [1.54, 1.807) is 0 Å². The first-order valence-corrected chi connectivity index (χ1v) is 5.89. The number of aromatic nitrogens is 2. The van der Waals surface area contributed by atoms with Gasteiger partial charge in [-0.3, -0.25) is 0 Å². The molecule has 2 heterocycles. The third kappa shape index (κ3) is 1.42. The first-order valence-electron chi connectivity index (χ1n) is 5.89. The van der Waals surface area contributed by atoms with Crippen LogP contribution in [0.2, 0.25) is 0 Å². The van der Waals surface area contributed by atoms with E-state index in [1.165, 1.54) is 0 Å². The number of furan rings is 1. The summed E-state index contributed by atoms with van der Waals surface area (Å²) in [5, 5.41) is 0. The largest absolute Gasteiger partial charge is 0.466 e. The number of anilines is 1. The van der Waals surface area contributed by atoms with E-state index in [0.717, 1.165) is 39.5 Å². The van der Waals surface area contributed by atoms with Crippen LogP contribution >= 0.6 is 0 Å². The number of para-hydroxylation sites is 1. The van der Waals surface area contributed by atoms with Crippen molar-refractivity contribution in [3.63, 3.8) is 0 Å². The molecule has 0 saturated heterocycles. The fourth-order valence-electron chi connectivity index (χ4n) is 2.31. The van der Waals surface area contributed by atoms with Crippen molar-refractivity contribution in [2.45, 2.75) is 20.8 Å². The maximum Gasteiger partial charge on any atom is 0.142 e. The number of H-pyrrole nitrogens is 1. The van der Waals surface area contributed by atoms with Crippen molar-refractivity contribution >= 4 is 16.7 Å². The summed E-state index contributed by atoms with van der Waals surface area (Å²) < 4.78 is 5.63. The van der Waals surface area contributed by atoms with Crippen molar-refractivity contribution < 1.29 is 4.42 Å². The Labute approximate surface area is 105 Å². The van der Waals surface area contributed by atoms with E-state index in [0.29, 0.717) is 5.69 Å². The van der Waals surface area contributed by atoms with E-state index in [1.807, 2.05) is 39.0 Å². The average molecular weight is 241 g/mol. The van der Waals surface area contributed by atoms with Gasteiger partial charge in [0.05, 0.1) is 16.8 Å². The number of benzene rings is 1. The topological polar surface area (TPSA) is 67.8 Å². The predicted molar refractivity (Wildman–Crippen MR) is 72.4 cm³/mol. The van der Waals surface area contributed by atoms with Crippen molar-refractivity contribution in [2.24, 2.45) is 0 Å². The second-order valence-electron chi connectivity index (χ2n) is 4.54. The van der Waals surface area contributed by atoms with Crippen molar-refractivity contribution in [1.29, 1.82) is 0 Å². The number of nitrogens with one attached hydrogen (secondary N) is 1. The lowest BCUT2D eigenvalue weighted by Crippen LogP contribution is -1.86. The van der Waals surface area contributed by atoms with E-state index in [-0.39, 0.29) is 0 Å². The zero-order valence-corrected chi connectivity index (χ0v) is 10.7. The lowest BCUT2D eigenvalue weighted by atomic mass is 10.1. The lowest BCUT2D eigenvalue weighted by Gasteiger charge is -1.95. The van der Waals surface area contributed by atoms with Crippen molar-refractivity contribution in [2.75, 3.05) is 5.73 Å². The van der Waals surface area contributed by atoms with Gasteiger partial charge >= 0.3 is 0 Å². The Kier molecular flexibility index (Phi) is 2.20. The first-order chi connectivity index (χ1) is 8.58. The highest BCUT2D eigenvalue weighted by atomic mass is 16.3. The summed E-state index contributed by atoms with van der Waals surface area (Å²) in [6.07, 6.45) is 0. The van der Waals surface area contributed by atoms with Crippen LogP contribution < -0.4 is 5.73 Å². The summed E-state index contributed by atoms with van der Waals surface area (Å²) in [6, 6.07) is 5.74. The van der Waals surface area contributed by atoms with Gasteiger partial charge in [-0.25, -0.2) is 4.98 Å². The van der Waals surface area contributed by atoms with Crippen LogP contribution in [0.4, 0.5) is 5.69 Å². The summed E-state index contributed by atoms with van der Waals surface area (Å²) in [5.74, 6) is 2.62. The van der Waals surface area contributed by atoms with Crippen LogP contribution in [0.15, 0.2) is 22.6 Å². The Morgan fingerprint density at radius 3 is 2.56 bits per heavy atom. The molecule has 3 rings (SSSR count). The Morgan fingerprint density at radius 1 is 1.17 bits per heavy atom. The number of hydrogen-bond acceptors (Lipinski definition) is 3. The number of aryl methyl sites for hydroxylation is 2. The number of hydrogen-bond donors (Lipinski definition) is 2. The predicted octanol–water partition coefficient (Wildman–Crippen LogP) is 3.33. The summed E-state index contributed by atoms with van der Waals surface area (Å²) in [5.41, 5.74) is 10.5. The third-order valence-corrected chi connectivity index (χ3v) is 3.34. The van der Waals surface area contributed by atoms with Gasteiger partial charge in [-0.1, -0.05) is 6.07 Å². The molecule has 0 saturated carbocycles. The number of nitrogen functional groups attached to an aromatic ring is 1. The Morgan fingerprint density at radius 2 is 1.94 bits per heavy atom. The molecule has 0 atom stereocenters. The molecule has 0 bridgehead atoms. The van der Waals surface area contributed by atoms with Crippen LogP contribution in [0, 0.1) is 20.8 Å². The second-order valence-corrected chi connectivity index (χ2v) is 4.54. The maximum absolute atomic E-state index is 5.92. The highest BCUT2D eigenvalue weighted by Crippen LogP contribution is 2.31. The summed E-state index contributed by atoms with van der Waals surface area (Å²) in [4.78, 5) is 7.87. The second kappa shape index (κ2) is 3.63. The molecule has 2 aromatic heterocycles. The molecular formula is C14H15N3O. The first kappa shape index (κ1) is 10.9. The Bertz CT molecular complexity index is 737. The van der Waals surface area contributed by atoms with Gasteiger partial charge in [-0.2, -0.15) is 0 Å². The Hall–Kier alpha value is -2.23. The Balaban J connectivity index is 2.29. The molecule has 0 radical (unpaired) electrons. The zero-order chi connectivity index (χ0) is 12.9. The van der Waals surface area contributed by atoms with Crippen LogP contribution in [-0.2, 0) is 0 Å². The van der Waals surface area contributed by atoms with Gasteiger partial charge in [-0.15, -0.1) is 0 Å². The molecule has 4 heteroatoms. The molecule has 3 aromatic rings. The van der Waals surface area contributed by atoms with Gasteiger partial charge in [0.25, 0.3) is 0 Å². The molecule has 18 heavy (non-hydrogen) atoms. The number of nitrogens with zero attached hydrogens (tertiary/aromatic N) is 1. The van der Waals surface area contributed by atoms with Gasteiger partial charge in [0.1, 0.15) is 22.9 Å². The van der Waals surface area contributed by atoms with Crippen molar-refractivity contribution in [3.05, 3.63) is 35.3 Å². The maximum atomic E-state index is 5.92. The quantitative estimate of drug-likeness (QED) is 0.642.